The summed E-state index contributed by atoms with van der Waals surface area (Å²) >= 11 is 0. The van der Waals surface area contributed by atoms with Crippen molar-refractivity contribution in [3.8, 4) is 5.75 Å². The zero-order chi connectivity index (χ0) is 5.11. The van der Waals surface area contributed by atoms with Crippen molar-refractivity contribution in [2.24, 2.45) is 0 Å². The third-order valence-corrected chi connectivity index (χ3v) is 0.756. The first-order chi connectivity index (χ1) is 3.39. The van der Waals surface area contributed by atoms with E-state index >= 15 is 0 Å². The van der Waals surface area contributed by atoms with Crippen molar-refractivity contribution in [3.05, 3.63) is 30.3 Å². The first-order valence-electron chi connectivity index (χ1n) is 2.13. The number of phenols is 1. The van der Waals surface area contributed by atoms with E-state index in [1.165, 1.54) is 0 Å². The molecule has 0 unspecified atom stereocenters. The van der Waals surface area contributed by atoms with Crippen molar-refractivity contribution >= 4 is 48.9 Å². The van der Waals surface area contributed by atoms with Gasteiger partial charge in [-0.2, -0.15) is 0 Å². The Morgan fingerprint density at radius 1 is 1.11 bits per heavy atom. The minimum Gasteiger partial charge on any atom is -1.00 e. The van der Waals surface area contributed by atoms with Crippen molar-refractivity contribution in [3.63, 3.8) is 0 Å². The van der Waals surface area contributed by atoms with Crippen LogP contribution < -0.4 is 0 Å². The Bertz CT molecular complexity index is 146. The van der Waals surface area contributed by atoms with Crippen LogP contribution in [0.5, 0.6) is 5.75 Å². The predicted octanol–water partition coefficient (Wildman–Crippen LogP) is 1.87. The van der Waals surface area contributed by atoms with Gasteiger partial charge in [0.05, 0.1) is 0 Å². The molecule has 1 aromatic carbocycles. The maximum absolute atomic E-state index is 8.63. The summed E-state index contributed by atoms with van der Waals surface area (Å²) in [5.74, 6) is 0.322. The number of hydrogen-bond acceptors (Lipinski definition) is 1. The second-order valence-electron chi connectivity index (χ2n) is 1.34. The van der Waals surface area contributed by atoms with E-state index in [1.54, 1.807) is 24.3 Å². The summed E-state index contributed by atoms with van der Waals surface area (Å²) in [6, 6.07) is 8.71. The molecule has 0 saturated heterocycles. The second kappa shape index (κ2) is 6.71. The molecule has 1 N–H and O–H groups in total. The standard InChI is InChI=1S/C6H6O.CH4.Ba.2H/c7-6-4-2-1-3-5-6;;;;/h1-5,7H;1H4;;;/q;;+2;2*-1. The zero-order valence-electron chi connectivity index (χ0n) is 6.54. The van der Waals surface area contributed by atoms with E-state index in [-0.39, 0.29) is 59.2 Å². The molecule has 48 valence electrons. The average molecular weight is 250 g/mol. The van der Waals surface area contributed by atoms with Gasteiger partial charge in [0.2, 0.25) is 0 Å². The molecule has 0 aliphatic carbocycles. The monoisotopic (exact) mass is 250 g/mol. The summed E-state index contributed by atoms with van der Waals surface area (Å²) < 4.78 is 0. The molecule has 2 heteroatoms. The van der Waals surface area contributed by atoms with Crippen LogP contribution in [0.15, 0.2) is 30.3 Å². The molecule has 1 rings (SSSR count). The normalized spacial score (nSPS) is 6.67. The van der Waals surface area contributed by atoms with Crippen LogP contribution in [0, 0.1) is 0 Å². The largest absolute Gasteiger partial charge is 2.00 e. The van der Waals surface area contributed by atoms with Crippen molar-refractivity contribution in [2.45, 2.75) is 7.43 Å². The molecule has 0 fully saturated rings. The smallest absolute Gasteiger partial charge is 1.00 e. The van der Waals surface area contributed by atoms with Crippen molar-refractivity contribution in [1.29, 1.82) is 0 Å². The van der Waals surface area contributed by atoms with Crippen LogP contribution in [-0.2, 0) is 0 Å². The van der Waals surface area contributed by atoms with Crippen LogP contribution in [0.3, 0.4) is 0 Å². The maximum Gasteiger partial charge on any atom is 2.00 e. The minimum atomic E-state index is 0. The Morgan fingerprint density at radius 3 is 1.78 bits per heavy atom. The van der Waals surface area contributed by atoms with Gasteiger partial charge in [-0.1, -0.05) is 25.6 Å². The van der Waals surface area contributed by atoms with E-state index in [9.17, 15) is 0 Å². The Kier molecular flexibility index (Phi) is 9.16. The number of rotatable bonds is 0. The van der Waals surface area contributed by atoms with Gasteiger partial charge in [0, 0.05) is 0 Å². The summed E-state index contributed by atoms with van der Waals surface area (Å²) in [6.45, 7) is 0. The van der Waals surface area contributed by atoms with Crippen molar-refractivity contribution < 1.29 is 7.96 Å². The molecule has 9 heavy (non-hydrogen) atoms. The molecule has 0 aromatic heterocycles. The molecule has 1 aromatic rings. The van der Waals surface area contributed by atoms with Gasteiger partial charge >= 0.3 is 48.9 Å². The fourth-order valence-electron chi connectivity index (χ4n) is 0.428. The molecular formula is C7H12BaO. The third-order valence-electron chi connectivity index (χ3n) is 0.756. The molecule has 0 bridgehead atoms. The number of benzene rings is 1. The van der Waals surface area contributed by atoms with Crippen LogP contribution in [0.1, 0.15) is 10.3 Å². The first-order valence-corrected chi connectivity index (χ1v) is 2.13. The van der Waals surface area contributed by atoms with Crippen molar-refractivity contribution in [2.75, 3.05) is 0 Å². The fourth-order valence-corrected chi connectivity index (χ4v) is 0.428. The van der Waals surface area contributed by atoms with Crippen LogP contribution in [0.4, 0.5) is 0 Å². The van der Waals surface area contributed by atoms with Gasteiger partial charge < -0.3 is 7.96 Å². The van der Waals surface area contributed by atoms with Crippen LogP contribution in [0.25, 0.3) is 0 Å². The molecule has 0 saturated carbocycles. The molecular weight excluding hydrogens is 237 g/mol. The summed E-state index contributed by atoms with van der Waals surface area (Å²) in [5.41, 5.74) is 0. The van der Waals surface area contributed by atoms with Gasteiger partial charge in [0.1, 0.15) is 5.75 Å². The van der Waals surface area contributed by atoms with Gasteiger partial charge in [-0.05, 0) is 12.1 Å². The molecule has 0 spiro atoms. The summed E-state index contributed by atoms with van der Waals surface area (Å²) in [7, 11) is 0. The van der Waals surface area contributed by atoms with Crippen LogP contribution in [-0.4, -0.2) is 54.0 Å². The Balaban J connectivity index is -0.0000000612. The zero-order valence-corrected chi connectivity index (χ0v) is 8.98. The molecule has 0 radical (unpaired) electrons. The van der Waals surface area contributed by atoms with E-state index in [2.05, 4.69) is 0 Å². The first kappa shape index (κ1) is 12.3. The van der Waals surface area contributed by atoms with Crippen LogP contribution in [0.2, 0.25) is 0 Å². The fraction of sp³-hybridized carbons (Fsp3) is 0.143. The second-order valence-corrected chi connectivity index (χ2v) is 1.34. The Labute approximate surface area is 99.1 Å². The summed E-state index contributed by atoms with van der Waals surface area (Å²) in [5, 5.41) is 8.63. The average Bonchev–Trinajstić information content (AvgIpc) is 1.69. The number of aromatic hydroxyl groups is 1. The van der Waals surface area contributed by atoms with Gasteiger partial charge in [0.25, 0.3) is 0 Å². The number of hydrogen-bond donors (Lipinski definition) is 1. The number of para-hydroxylation sites is 1. The molecule has 0 aliphatic heterocycles. The minimum absolute atomic E-state index is 0. The van der Waals surface area contributed by atoms with E-state index in [0.29, 0.717) is 5.75 Å². The quantitative estimate of drug-likeness (QED) is 0.696. The van der Waals surface area contributed by atoms with Gasteiger partial charge in [-0.25, -0.2) is 0 Å². The van der Waals surface area contributed by atoms with E-state index in [4.69, 9.17) is 5.11 Å². The molecule has 0 aliphatic rings. The molecule has 0 amide bonds. The number of phenolic OH excluding ortho intramolecular Hbond substituents is 1. The van der Waals surface area contributed by atoms with Gasteiger partial charge in [0.15, 0.2) is 0 Å². The van der Waals surface area contributed by atoms with Gasteiger partial charge in [-0.3, -0.25) is 0 Å². The Hall–Kier alpha value is 0.591. The maximum atomic E-state index is 8.63. The molecule has 0 heterocycles. The van der Waals surface area contributed by atoms with E-state index < -0.39 is 0 Å². The molecule has 1 nitrogen and oxygen atoms in total. The summed E-state index contributed by atoms with van der Waals surface area (Å²) in [4.78, 5) is 0. The topological polar surface area (TPSA) is 20.2 Å². The Morgan fingerprint density at radius 2 is 1.56 bits per heavy atom. The molecule has 0 atom stereocenters. The van der Waals surface area contributed by atoms with E-state index in [1.807, 2.05) is 6.07 Å². The van der Waals surface area contributed by atoms with E-state index in [0.717, 1.165) is 0 Å². The van der Waals surface area contributed by atoms with Crippen LogP contribution >= 0.6 is 0 Å². The predicted molar refractivity (Wildman–Crippen MR) is 42.8 cm³/mol. The van der Waals surface area contributed by atoms with Gasteiger partial charge in [-0.15, -0.1) is 0 Å². The summed E-state index contributed by atoms with van der Waals surface area (Å²) in [6.07, 6.45) is 0. The van der Waals surface area contributed by atoms with Crippen molar-refractivity contribution in [1.82, 2.24) is 0 Å². The third kappa shape index (κ3) is 5.06. The SMILES string of the molecule is C.Oc1ccccc1.[Ba+2].[H-].[H-].